The highest BCUT2D eigenvalue weighted by atomic mass is 16.3. The number of carbonyl (C=O) groups excluding carboxylic acids is 11. The number of hydrogen-bond acceptors (Lipinski definition) is 19. The van der Waals surface area contributed by atoms with Gasteiger partial charge in [0.2, 0.25) is 47.3 Å². The summed E-state index contributed by atoms with van der Waals surface area (Å²) >= 11 is 0. The lowest BCUT2D eigenvalue weighted by Gasteiger charge is -2.28. The van der Waals surface area contributed by atoms with E-state index in [1.54, 1.807) is 38.1 Å². The van der Waals surface area contributed by atoms with Gasteiger partial charge < -0.3 is 87.1 Å². The lowest BCUT2D eigenvalue weighted by atomic mass is 9.89. The Kier molecular flexibility index (Phi) is 35.2. The Morgan fingerprint density at radius 2 is 1.16 bits per heavy atom. The second-order valence-corrected chi connectivity index (χ2v) is 23.2. The molecule has 8 amide bonds. The van der Waals surface area contributed by atoms with Crippen LogP contribution in [0.5, 0.6) is 0 Å². The van der Waals surface area contributed by atoms with E-state index >= 15 is 0 Å². The van der Waals surface area contributed by atoms with E-state index in [1.807, 2.05) is 0 Å². The minimum Gasteiger partial charge on any atom is -0.399 e. The Balaban J connectivity index is 2.69. The number of ketones is 3. The van der Waals surface area contributed by atoms with Crippen molar-refractivity contribution in [1.29, 1.82) is 0 Å². The number of carbonyl (C=O) groups is 11. The molecule has 2 rings (SSSR count). The Morgan fingerprint density at radius 1 is 0.628 bits per heavy atom. The van der Waals surface area contributed by atoms with Gasteiger partial charge >= 0.3 is 0 Å². The van der Waals surface area contributed by atoms with Crippen LogP contribution in [0.3, 0.4) is 0 Å². The molecule has 1 aliphatic heterocycles. The molecule has 86 heavy (non-hydrogen) atoms. The summed E-state index contributed by atoms with van der Waals surface area (Å²) in [5.74, 6) is -11.5. The van der Waals surface area contributed by atoms with Crippen LogP contribution in [0.15, 0.2) is 24.3 Å². The number of unbranched alkanes of at least 4 members (excludes halogenated alkanes) is 1. The molecule has 27 nitrogen and oxygen atoms in total. The molecule has 0 bridgehead atoms. The number of hydrogen-bond donors (Lipinski definition) is 16. The normalized spacial score (nSPS) is 23.0. The summed E-state index contributed by atoms with van der Waals surface area (Å²) in [6.45, 7) is 9.37. The van der Waals surface area contributed by atoms with Crippen LogP contribution in [0.1, 0.15) is 143 Å². The summed E-state index contributed by atoms with van der Waals surface area (Å²) in [7, 11) is 0. The van der Waals surface area contributed by atoms with E-state index in [9.17, 15) is 63.0 Å². The number of nitrogen functional groups attached to an aromatic ring is 1. The zero-order chi connectivity index (χ0) is 64.6. The third-order valence-electron chi connectivity index (χ3n) is 15.3. The van der Waals surface area contributed by atoms with Gasteiger partial charge in [-0.2, -0.15) is 0 Å². The molecule has 0 aromatic heterocycles. The fourth-order valence-corrected chi connectivity index (χ4v) is 9.97. The molecule has 0 aliphatic carbocycles. The van der Waals surface area contributed by atoms with E-state index in [1.165, 1.54) is 13.8 Å². The fourth-order valence-electron chi connectivity index (χ4n) is 9.97. The van der Waals surface area contributed by atoms with Gasteiger partial charge in [0.25, 0.3) is 0 Å². The molecule has 0 spiro atoms. The van der Waals surface area contributed by atoms with Crippen molar-refractivity contribution < 1.29 is 63.0 Å². The molecule has 1 aromatic carbocycles. The highest BCUT2D eigenvalue weighted by molar-refractivity contribution is 5.99. The van der Waals surface area contributed by atoms with Gasteiger partial charge in [0.15, 0.2) is 11.6 Å². The number of anilines is 1. The maximum Gasteiger partial charge on any atom is 0.245 e. The predicted octanol–water partition coefficient (Wildman–Crippen LogP) is -2.39. The molecular weight excluding hydrogens is 1110 g/mol. The van der Waals surface area contributed by atoms with Crippen molar-refractivity contribution >= 4 is 70.3 Å². The molecule has 486 valence electrons. The van der Waals surface area contributed by atoms with Crippen molar-refractivity contribution in [3.05, 3.63) is 29.8 Å². The van der Waals surface area contributed by atoms with E-state index in [2.05, 4.69) is 56.4 Å². The predicted molar refractivity (Wildman–Crippen MR) is 324 cm³/mol. The largest absolute Gasteiger partial charge is 0.399 e. The molecule has 0 saturated carbocycles. The SMILES string of the molecule is CC[C@H](C)CCCCC(=O)C[C@@H](CCN)C(=O)N[C@H](C(=O)C[C@@H](CCN)C(=O)N[C@H]1CCNC(=O)[C@H]([C@@H](C)O)NC(=O)[C@H](CCN)NC(=O)[C@H](CCN)NC(=O)[C@H](CC(C)C)NC(=O)[C@@H](Cc2ccc(N)cc2)CC(=O)[C@H](CCN)NC1=O)[C@@H](C)O. The van der Waals surface area contributed by atoms with Gasteiger partial charge in [-0.1, -0.05) is 59.1 Å². The molecule has 1 saturated heterocycles. The molecule has 27 heteroatoms. The molecule has 1 heterocycles. The summed E-state index contributed by atoms with van der Waals surface area (Å²) in [4.78, 5) is 155. The van der Waals surface area contributed by atoms with Gasteiger partial charge in [-0.3, -0.25) is 52.7 Å². The minimum absolute atomic E-state index is 0.0538. The maximum absolute atomic E-state index is 14.6. The van der Waals surface area contributed by atoms with Gasteiger partial charge in [-0.15, -0.1) is 0 Å². The first-order chi connectivity index (χ1) is 40.7. The van der Waals surface area contributed by atoms with Crippen LogP contribution in [-0.4, -0.2) is 169 Å². The Morgan fingerprint density at radius 3 is 1.70 bits per heavy atom. The van der Waals surface area contributed by atoms with Crippen LogP contribution in [0.2, 0.25) is 0 Å². The zero-order valence-corrected chi connectivity index (χ0v) is 51.3. The molecule has 22 N–H and O–H groups in total. The van der Waals surface area contributed by atoms with Crippen LogP contribution < -0.4 is 76.9 Å². The number of amides is 8. The highest BCUT2D eigenvalue weighted by Gasteiger charge is 2.38. The van der Waals surface area contributed by atoms with Gasteiger partial charge in [0, 0.05) is 55.7 Å². The molecule has 1 aromatic rings. The van der Waals surface area contributed by atoms with Crippen LogP contribution in [0.4, 0.5) is 5.69 Å². The molecule has 13 atom stereocenters. The number of nitrogens with one attached hydrogen (secondary N) is 8. The van der Waals surface area contributed by atoms with Crippen LogP contribution in [-0.2, 0) is 59.2 Å². The number of benzene rings is 1. The van der Waals surface area contributed by atoms with Crippen molar-refractivity contribution in [2.45, 2.75) is 199 Å². The lowest BCUT2D eigenvalue weighted by Crippen LogP contribution is -2.60. The average Bonchev–Trinajstić information content (AvgIpc) is 3.59. The molecule has 0 unspecified atom stereocenters. The smallest absolute Gasteiger partial charge is 0.245 e. The molecule has 1 fully saturated rings. The molecular formula is C59H102N14O13. The van der Waals surface area contributed by atoms with Gasteiger partial charge in [-0.05, 0) is 134 Å². The third kappa shape index (κ3) is 27.1. The highest BCUT2D eigenvalue weighted by Crippen LogP contribution is 2.21. The summed E-state index contributed by atoms with van der Waals surface area (Å²) < 4.78 is 0. The van der Waals surface area contributed by atoms with Crippen molar-refractivity contribution in [1.82, 2.24) is 42.5 Å². The second-order valence-electron chi connectivity index (χ2n) is 23.2. The molecule has 0 radical (unpaired) electrons. The van der Waals surface area contributed by atoms with E-state index < -0.39 is 157 Å². The number of nitrogens with two attached hydrogens (primary N) is 6. The first-order valence-electron chi connectivity index (χ1n) is 30.4. The van der Waals surface area contributed by atoms with E-state index in [4.69, 9.17) is 34.4 Å². The number of rotatable bonds is 31. The Labute approximate surface area is 506 Å². The van der Waals surface area contributed by atoms with E-state index in [0.717, 1.165) is 19.3 Å². The Bertz CT molecular complexity index is 2360. The number of Topliss-reactive ketones (excluding diaryl/α,β-unsaturated/α-hetero) is 3. The van der Waals surface area contributed by atoms with Gasteiger partial charge in [-0.25, -0.2) is 0 Å². The standard InChI is InChI=1S/C59H102N14O13/c1-7-34(4)10-8-9-11-42(76)30-38(16-22-60)53(80)72-50(35(5)74)49(78)31-39(17-23-61)52(79)68-46-21-27-66-59(86)51(36(6)75)73-57(84)45(20-26-64)69-55(82)44(19-25-63)70-58(85)47(28-33(2)3)71-54(81)40(29-37-12-14-41(65)15-13-37)32-48(77)43(18-24-62)67-56(46)83/h12-15,33-36,38-40,43-47,50-51,74-75H,7-11,16-32,60-65H2,1-6H3,(H,66,86)(H,67,83)(H,68,79)(H,69,82)(H,70,85)(H,71,81)(H,72,80)(H,73,84)/t34-,35+,36+,38+,39+,40-,43-,44-,45-,46-,47-,50-,51-/m0/s1. The summed E-state index contributed by atoms with van der Waals surface area (Å²) in [6, 6.07) is -3.73. The van der Waals surface area contributed by atoms with Crippen LogP contribution >= 0.6 is 0 Å². The third-order valence-corrected chi connectivity index (χ3v) is 15.3. The Hall–Kier alpha value is -6.49. The zero-order valence-electron chi connectivity index (χ0n) is 51.3. The topological polar surface area (TPSA) is 481 Å². The van der Waals surface area contributed by atoms with E-state index in [0.29, 0.717) is 23.6 Å². The summed E-state index contributed by atoms with van der Waals surface area (Å²) in [6.07, 6.45) is -1.45. The van der Waals surface area contributed by atoms with Crippen molar-refractivity contribution in [3.8, 4) is 0 Å². The van der Waals surface area contributed by atoms with Crippen molar-refractivity contribution in [2.75, 3.05) is 45.0 Å². The van der Waals surface area contributed by atoms with Crippen molar-refractivity contribution in [3.63, 3.8) is 0 Å². The quantitative estimate of drug-likeness (QED) is 0.0272. The monoisotopic (exact) mass is 1210 g/mol. The van der Waals surface area contributed by atoms with Crippen LogP contribution in [0.25, 0.3) is 0 Å². The van der Waals surface area contributed by atoms with Gasteiger partial charge in [0.05, 0.1) is 18.2 Å². The minimum atomic E-state index is -1.67. The summed E-state index contributed by atoms with van der Waals surface area (Å²) in [5, 5.41) is 42.4. The maximum atomic E-state index is 14.6. The van der Waals surface area contributed by atoms with Crippen molar-refractivity contribution in [2.24, 2.45) is 58.3 Å². The number of aliphatic hydroxyl groups is 2. The van der Waals surface area contributed by atoms with E-state index in [-0.39, 0.29) is 102 Å². The second kappa shape index (κ2) is 40.1. The first-order valence-corrected chi connectivity index (χ1v) is 30.4. The first kappa shape index (κ1) is 75.6. The molecule has 1 aliphatic rings. The lowest BCUT2D eigenvalue weighted by molar-refractivity contribution is -0.137. The average molecular weight is 1220 g/mol. The number of aliphatic hydroxyl groups excluding tert-OH is 2. The fraction of sp³-hybridized carbons (Fsp3) is 0.712. The van der Waals surface area contributed by atoms with Gasteiger partial charge in [0.1, 0.15) is 42.0 Å². The summed E-state index contributed by atoms with van der Waals surface area (Å²) in [5.41, 5.74) is 36.5. The van der Waals surface area contributed by atoms with Crippen LogP contribution in [0, 0.1) is 29.6 Å².